The van der Waals surface area contributed by atoms with Crippen molar-refractivity contribution in [2.24, 2.45) is 0 Å². The van der Waals surface area contributed by atoms with Crippen molar-refractivity contribution in [2.75, 3.05) is 14.2 Å². The number of esters is 1. The quantitative estimate of drug-likeness (QED) is 0.846. The second-order valence-corrected chi connectivity index (χ2v) is 4.87. The Kier molecular flexibility index (Phi) is 3.99. The van der Waals surface area contributed by atoms with Crippen LogP contribution in [0.4, 0.5) is 0 Å². The third-order valence-electron chi connectivity index (χ3n) is 3.22. The molecule has 6 heteroatoms. The molecule has 1 aliphatic heterocycles. The van der Waals surface area contributed by atoms with Crippen LogP contribution in [0.1, 0.15) is 18.5 Å². The topological polar surface area (TPSA) is 58.6 Å². The third kappa shape index (κ3) is 2.36. The first-order chi connectivity index (χ1) is 9.47. The van der Waals surface area contributed by atoms with E-state index in [0.717, 1.165) is 0 Å². The number of benzene rings is 1. The van der Waals surface area contributed by atoms with E-state index in [1.54, 1.807) is 32.2 Å². The minimum absolute atomic E-state index is 0.209. The number of rotatable bonds is 2. The molecule has 0 fully saturated rings. The van der Waals surface area contributed by atoms with Gasteiger partial charge in [-0.25, -0.2) is 4.79 Å². The van der Waals surface area contributed by atoms with Gasteiger partial charge in [-0.15, -0.1) is 0 Å². The van der Waals surface area contributed by atoms with Crippen LogP contribution in [-0.4, -0.2) is 30.9 Å². The number of nitrogens with one attached hydrogen (secondary N) is 1. The summed E-state index contributed by atoms with van der Waals surface area (Å²) in [5.74, 6) is -0.812. The van der Waals surface area contributed by atoms with Crippen LogP contribution in [0.25, 0.3) is 0 Å². The van der Waals surface area contributed by atoms with Gasteiger partial charge in [-0.05, 0) is 13.0 Å². The molecular weight excluding hydrogens is 280 g/mol. The summed E-state index contributed by atoms with van der Waals surface area (Å²) in [5.41, 5.74) is 1.46. The first-order valence-corrected chi connectivity index (χ1v) is 6.43. The van der Waals surface area contributed by atoms with Crippen LogP contribution >= 0.6 is 11.6 Å². The lowest BCUT2D eigenvalue weighted by Crippen LogP contribution is -2.46. The molecule has 0 aliphatic carbocycles. The molecule has 1 aromatic rings. The first kappa shape index (κ1) is 14.4. The Morgan fingerprint density at radius 3 is 2.65 bits per heavy atom. The molecule has 0 spiro atoms. The largest absolute Gasteiger partial charge is 0.464 e. The molecule has 106 valence electrons. The predicted molar refractivity (Wildman–Crippen MR) is 74.8 cm³/mol. The number of amides is 1. The van der Waals surface area contributed by atoms with Crippen molar-refractivity contribution in [3.05, 3.63) is 46.2 Å². The Hall–Kier alpha value is -2.01. The third-order valence-corrected chi connectivity index (χ3v) is 3.57. The molecule has 5 nitrogen and oxygen atoms in total. The van der Waals surface area contributed by atoms with Gasteiger partial charge in [0.25, 0.3) is 5.91 Å². The van der Waals surface area contributed by atoms with Crippen molar-refractivity contribution in [3.63, 3.8) is 0 Å². The summed E-state index contributed by atoms with van der Waals surface area (Å²) < 4.78 is 4.69. The van der Waals surface area contributed by atoms with Gasteiger partial charge in [-0.3, -0.25) is 4.79 Å². The fourth-order valence-corrected chi connectivity index (χ4v) is 2.45. The molecule has 1 aromatic carbocycles. The summed E-state index contributed by atoms with van der Waals surface area (Å²) in [7, 11) is 2.82. The fourth-order valence-electron chi connectivity index (χ4n) is 2.21. The maximum Gasteiger partial charge on any atom is 0.356 e. The van der Waals surface area contributed by atoms with E-state index in [4.69, 9.17) is 11.6 Å². The number of carbonyl (C=O) groups excluding carboxylic acids is 2. The van der Waals surface area contributed by atoms with Crippen LogP contribution in [0.15, 0.2) is 35.7 Å². The van der Waals surface area contributed by atoms with Gasteiger partial charge in [-0.1, -0.05) is 29.8 Å². The Morgan fingerprint density at radius 1 is 1.40 bits per heavy atom. The Labute approximate surface area is 122 Å². The molecular formula is C14H15ClN2O3. The Bertz CT molecular complexity index is 598. The second-order valence-electron chi connectivity index (χ2n) is 4.46. The lowest BCUT2D eigenvalue weighted by Gasteiger charge is -2.33. The summed E-state index contributed by atoms with van der Waals surface area (Å²) >= 11 is 6.13. The van der Waals surface area contributed by atoms with Crippen LogP contribution in [0.3, 0.4) is 0 Å². The maximum atomic E-state index is 12.4. The Morgan fingerprint density at radius 2 is 2.05 bits per heavy atom. The summed E-state index contributed by atoms with van der Waals surface area (Å²) in [6, 6.07) is 6.50. The van der Waals surface area contributed by atoms with E-state index in [-0.39, 0.29) is 11.6 Å². The summed E-state index contributed by atoms with van der Waals surface area (Å²) in [6.07, 6.45) is 0. The van der Waals surface area contributed by atoms with Crippen molar-refractivity contribution in [2.45, 2.75) is 13.0 Å². The molecule has 1 atom stereocenters. The van der Waals surface area contributed by atoms with Gasteiger partial charge < -0.3 is 15.0 Å². The molecule has 0 aromatic heterocycles. The van der Waals surface area contributed by atoms with Gasteiger partial charge >= 0.3 is 5.97 Å². The highest BCUT2D eigenvalue weighted by Gasteiger charge is 2.35. The monoisotopic (exact) mass is 294 g/mol. The lowest BCUT2D eigenvalue weighted by molar-refractivity contribution is -0.143. The SMILES string of the molecule is COC(=O)C1=C(C)NC(c2ccccc2Cl)C(=O)N1C. The van der Waals surface area contributed by atoms with Crippen molar-refractivity contribution in [3.8, 4) is 0 Å². The minimum Gasteiger partial charge on any atom is -0.464 e. The van der Waals surface area contributed by atoms with Gasteiger partial charge in [0, 0.05) is 23.3 Å². The van der Waals surface area contributed by atoms with Crippen molar-refractivity contribution in [1.29, 1.82) is 0 Å². The standard InChI is InChI=1S/C14H15ClN2O3/c1-8-12(14(19)20-3)17(2)13(18)11(16-8)9-6-4-5-7-10(9)15/h4-7,11,16H,1-3H3. The maximum absolute atomic E-state index is 12.4. The zero-order valence-electron chi connectivity index (χ0n) is 11.4. The lowest BCUT2D eigenvalue weighted by atomic mass is 10.0. The number of methoxy groups -OCH3 is 1. The van der Waals surface area contributed by atoms with Crippen molar-refractivity contribution in [1.82, 2.24) is 10.2 Å². The Balaban J connectivity index is 2.43. The summed E-state index contributed by atoms with van der Waals surface area (Å²) in [6.45, 7) is 1.72. The molecule has 0 bridgehead atoms. The van der Waals surface area contributed by atoms with Crippen LogP contribution in [0.2, 0.25) is 5.02 Å². The second kappa shape index (κ2) is 5.54. The number of ether oxygens (including phenoxy) is 1. The van der Waals surface area contributed by atoms with Gasteiger partial charge in [0.15, 0.2) is 0 Å². The molecule has 1 unspecified atom stereocenters. The molecule has 0 saturated heterocycles. The molecule has 1 N–H and O–H groups in total. The van der Waals surface area contributed by atoms with Crippen LogP contribution < -0.4 is 5.32 Å². The van der Waals surface area contributed by atoms with Gasteiger partial charge in [0.1, 0.15) is 11.7 Å². The normalized spacial score (nSPS) is 18.9. The van der Waals surface area contributed by atoms with Crippen molar-refractivity contribution < 1.29 is 14.3 Å². The van der Waals surface area contributed by atoms with E-state index in [2.05, 4.69) is 10.1 Å². The van der Waals surface area contributed by atoms with E-state index >= 15 is 0 Å². The zero-order chi connectivity index (χ0) is 14.9. The number of nitrogens with zero attached hydrogens (tertiary/aromatic N) is 1. The number of hydrogen-bond acceptors (Lipinski definition) is 4. The van der Waals surface area contributed by atoms with E-state index in [1.807, 2.05) is 6.07 Å². The molecule has 1 amide bonds. The van der Waals surface area contributed by atoms with Gasteiger partial charge in [-0.2, -0.15) is 0 Å². The zero-order valence-corrected chi connectivity index (χ0v) is 12.2. The fraction of sp³-hybridized carbons (Fsp3) is 0.286. The highest BCUT2D eigenvalue weighted by molar-refractivity contribution is 6.31. The van der Waals surface area contributed by atoms with E-state index in [1.165, 1.54) is 12.0 Å². The molecule has 0 radical (unpaired) electrons. The van der Waals surface area contributed by atoms with Crippen LogP contribution in [-0.2, 0) is 14.3 Å². The van der Waals surface area contributed by atoms with Gasteiger partial charge in [0.05, 0.1) is 7.11 Å². The van der Waals surface area contributed by atoms with Crippen LogP contribution in [0.5, 0.6) is 0 Å². The van der Waals surface area contributed by atoms with E-state index in [0.29, 0.717) is 16.3 Å². The molecule has 0 saturated carbocycles. The van der Waals surface area contributed by atoms with Crippen LogP contribution in [0, 0.1) is 0 Å². The molecule has 20 heavy (non-hydrogen) atoms. The smallest absolute Gasteiger partial charge is 0.356 e. The number of hydrogen-bond donors (Lipinski definition) is 1. The molecule has 1 aliphatic rings. The summed E-state index contributed by atoms with van der Waals surface area (Å²) in [4.78, 5) is 25.4. The number of carbonyl (C=O) groups is 2. The highest BCUT2D eigenvalue weighted by Crippen LogP contribution is 2.29. The number of likely N-dealkylation sites (N-methyl/N-ethyl adjacent to an activating group) is 1. The molecule has 2 rings (SSSR count). The van der Waals surface area contributed by atoms with E-state index in [9.17, 15) is 9.59 Å². The minimum atomic E-state index is -0.609. The van der Waals surface area contributed by atoms with Crippen molar-refractivity contribution >= 4 is 23.5 Å². The number of halogens is 1. The van der Waals surface area contributed by atoms with E-state index < -0.39 is 12.0 Å². The number of allylic oxidation sites excluding steroid dienone is 1. The first-order valence-electron chi connectivity index (χ1n) is 6.05. The average Bonchev–Trinajstić information content (AvgIpc) is 2.43. The predicted octanol–water partition coefficient (Wildman–Crippen LogP) is 1.85. The highest BCUT2D eigenvalue weighted by atomic mass is 35.5. The average molecular weight is 295 g/mol. The van der Waals surface area contributed by atoms with Gasteiger partial charge in [0.2, 0.25) is 0 Å². The molecule has 1 heterocycles. The summed E-state index contributed by atoms with van der Waals surface area (Å²) in [5, 5.41) is 3.52.